The molecule has 0 fully saturated rings. The number of hydrogen-bond acceptors (Lipinski definition) is 3. The highest BCUT2D eigenvalue weighted by Crippen LogP contribution is 2.22. The van der Waals surface area contributed by atoms with E-state index in [4.69, 9.17) is 10.5 Å². The molecule has 0 aliphatic carbocycles. The van der Waals surface area contributed by atoms with Crippen molar-refractivity contribution >= 4 is 10.9 Å². The van der Waals surface area contributed by atoms with Crippen molar-refractivity contribution in [1.82, 2.24) is 10.2 Å². The molecule has 0 spiro atoms. The van der Waals surface area contributed by atoms with Crippen LogP contribution in [0.25, 0.3) is 10.9 Å². The summed E-state index contributed by atoms with van der Waals surface area (Å²) >= 11 is 0. The second-order valence-electron chi connectivity index (χ2n) is 4.36. The summed E-state index contributed by atoms with van der Waals surface area (Å²) in [6.07, 6.45) is 0. The third-order valence-corrected chi connectivity index (χ3v) is 3.06. The molecule has 0 radical (unpaired) electrons. The molecular weight excluding hydrogens is 238 g/mol. The Kier molecular flexibility index (Phi) is 3.16. The zero-order valence-corrected chi connectivity index (χ0v) is 10.5. The molecule has 96 valence electrons. The molecule has 4 nitrogen and oxygen atoms in total. The summed E-state index contributed by atoms with van der Waals surface area (Å²) in [5.41, 5.74) is 8.61. The van der Waals surface area contributed by atoms with E-state index in [1.165, 1.54) is 0 Å². The van der Waals surface area contributed by atoms with Gasteiger partial charge in [0, 0.05) is 18.0 Å². The predicted molar refractivity (Wildman–Crippen MR) is 74.8 cm³/mol. The Balaban J connectivity index is 1.78. The van der Waals surface area contributed by atoms with Gasteiger partial charge in [0.1, 0.15) is 12.4 Å². The number of nitrogens with zero attached hydrogens (tertiary/aromatic N) is 1. The Morgan fingerprint density at radius 3 is 2.74 bits per heavy atom. The number of fused-ring (bicyclic) bond motifs is 1. The second-order valence-corrected chi connectivity index (χ2v) is 4.36. The Hall–Kier alpha value is -2.33. The van der Waals surface area contributed by atoms with E-state index in [-0.39, 0.29) is 0 Å². The minimum atomic E-state index is 0.459. The fourth-order valence-corrected chi connectivity index (χ4v) is 2.03. The number of nitrogens with two attached hydrogens (primary N) is 1. The molecule has 2 aromatic carbocycles. The maximum atomic E-state index is 5.76. The van der Waals surface area contributed by atoms with Crippen LogP contribution >= 0.6 is 0 Å². The van der Waals surface area contributed by atoms with E-state index >= 15 is 0 Å². The van der Waals surface area contributed by atoms with Gasteiger partial charge in [-0.15, -0.1) is 0 Å². The second kappa shape index (κ2) is 5.12. The molecule has 3 aromatic rings. The van der Waals surface area contributed by atoms with E-state index in [0.29, 0.717) is 13.2 Å². The Bertz CT molecular complexity index is 676. The fourth-order valence-electron chi connectivity index (χ4n) is 2.03. The zero-order valence-electron chi connectivity index (χ0n) is 10.5. The van der Waals surface area contributed by atoms with Crippen molar-refractivity contribution in [2.45, 2.75) is 13.2 Å². The first-order valence-electron chi connectivity index (χ1n) is 6.20. The average molecular weight is 253 g/mol. The van der Waals surface area contributed by atoms with Crippen molar-refractivity contribution in [3.8, 4) is 5.75 Å². The average Bonchev–Trinajstić information content (AvgIpc) is 2.88. The molecule has 0 aliphatic heterocycles. The first kappa shape index (κ1) is 11.7. The lowest BCUT2D eigenvalue weighted by molar-refractivity contribution is 0.306. The topological polar surface area (TPSA) is 63.9 Å². The SMILES string of the molecule is NCc1[nH]nc2cc(OCc3ccccc3)ccc12. The highest BCUT2D eigenvalue weighted by molar-refractivity contribution is 5.82. The van der Waals surface area contributed by atoms with Crippen molar-refractivity contribution in [3.63, 3.8) is 0 Å². The molecule has 0 amide bonds. The number of nitrogens with one attached hydrogen (secondary N) is 1. The normalized spacial score (nSPS) is 10.8. The van der Waals surface area contributed by atoms with Gasteiger partial charge in [-0.25, -0.2) is 0 Å². The van der Waals surface area contributed by atoms with Crippen LogP contribution in [0.2, 0.25) is 0 Å². The molecule has 3 rings (SSSR count). The van der Waals surface area contributed by atoms with Crippen molar-refractivity contribution in [2.75, 3.05) is 0 Å². The van der Waals surface area contributed by atoms with Gasteiger partial charge < -0.3 is 10.5 Å². The van der Waals surface area contributed by atoms with E-state index in [2.05, 4.69) is 10.2 Å². The molecule has 0 atom stereocenters. The molecule has 19 heavy (non-hydrogen) atoms. The van der Waals surface area contributed by atoms with Crippen LogP contribution in [0.4, 0.5) is 0 Å². The van der Waals surface area contributed by atoms with E-state index in [1.807, 2.05) is 48.5 Å². The van der Waals surface area contributed by atoms with Crippen molar-refractivity contribution in [3.05, 3.63) is 59.8 Å². The molecule has 1 aromatic heterocycles. The molecule has 0 saturated heterocycles. The number of rotatable bonds is 4. The number of H-pyrrole nitrogens is 1. The minimum absolute atomic E-state index is 0.459. The van der Waals surface area contributed by atoms with Gasteiger partial charge in [-0.05, 0) is 17.7 Å². The van der Waals surface area contributed by atoms with Gasteiger partial charge >= 0.3 is 0 Å². The summed E-state index contributed by atoms with van der Waals surface area (Å²) in [6, 6.07) is 15.9. The third-order valence-electron chi connectivity index (χ3n) is 3.06. The minimum Gasteiger partial charge on any atom is -0.489 e. The van der Waals surface area contributed by atoms with Crippen molar-refractivity contribution in [2.24, 2.45) is 5.73 Å². The molecule has 0 aliphatic rings. The highest BCUT2D eigenvalue weighted by Gasteiger charge is 2.05. The monoisotopic (exact) mass is 253 g/mol. The van der Waals surface area contributed by atoms with Crippen LogP contribution in [0.5, 0.6) is 5.75 Å². The van der Waals surface area contributed by atoms with Gasteiger partial charge in [-0.2, -0.15) is 5.10 Å². The molecule has 1 heterocycles. The van der Waals surface area contributed by atoms with E-state index in [0.717, 1.165) is 27.9 Å². The summed E-state index contributed by atoms with van der Waals surface area (Å²) in [6.45, 7) is 1.02. The summed E-state index contributed by atoms with van der Waals surface area (Å²) in [7, 11) is 0. The van der Waals surface area contributed by atoms with Crippen molar-refractivity contribution in [1.29, 1.82) is 0 Å². The number of aromatic nitrogens is 2. The summed E-state index contributed by atoms with van der Waals surface area (Å²) < 4.78 is 5.76. The van der Waals surface area contributed by atoms with Crippen molar-refractivity contribution < 1.29 is 4.74 Å². The maximum absolute atomic E-state index is 5.76. The molecule has 0 saturated carbocycles. The lowest BCUT2D eigenvalue weighted by Gasteiger charge is -2.06. The van der Waals surface area contributed by atoms with Crippen LogP contribution in [0.15, 0.2) is 48.5 Å². The van der Waals surface area contributed by atoms with Gasteiger partial charge in [0.15, 0.2) is 0 Å². The molecular formula is C15H15N3O. The van der Waals surface area contributed by atoms with Gasteiger partial charge in [0.05, 0.1) is 11.2 Å². The van der Waals surface area contributed by atoms with Crippen LogP contribution < -0.4 is 10.5 Å². The standard InChI is InChI=1S/C15H15N3O/c16-9-15-13-7-6-12(8-14(13)17-18-15)19-10-11-4-2-1-3-5-11/h1-8H,9-10,16H2,(H,17,18). The Morgan fingerprint density at radius 1 is 1.11 bits per heavy atom. The third kappa shape index (κ3) is 2.44. The summed E-state index contributed by atoms with van der Waals surface area (Å²) in [5.74, 6) is 0.812. The molecule has 0 bridgehead atoms. The van der Waals surface area contributed by atoms with E-state index in [1.54, 1.807) is 0 Å². The zero-order chi connectivity index (χ0) is 13.1. The Morgan fingerprint density at radius 2 is 1.95 bits per heavy atom. The van der Waals surface area contributed by atoms with Gasteiger partial charge in [-0.1, -0.05) is 30.3 Å². The molecule has 4 heteroatoms. The summed E-state index contributed by atoms with van der Waals surface area (Å²) in [5, 5.41) is 8.20. The van der Waals surface area contributed by atoms with Crippen LogP contribution in [0.1, 0.15) is 11.3 Å². The highest BCUT2D eigenvalue weighted by atomic mass is 16.5. The number of ether oxygens (including phenoxy) is 1. The van der Waals surface area contributed by atoms with Gasteiger partial charge in [0.25, 0.3) is 0 Å². The largest absolute Gasteiger partial charge is 0.489 e. The molecule has 3 N–H and O–H groups in total. The summed E-state index contributed by atoms with van der Waals surface area (Å²) in [4.78, 5) is 0. The Labute approximate surface area is 111 Å². The quantitative estimate of drug-likeness (QED) is 0.751. The smallest absolute Gasteiger partial charge is 0.122 e. The first-order valence-corrected chi connectivity index (χ1v) is 6.20. The maximum Gasteiger partial charge on any atom is 0.122 e. The predicted octanol–water partition coefficient (Wildman–Crippen LogP) is 2.60. The molecule has 0 unspecified atom stereocenters. The van der Waals surface area contributed by atoms with Crippen LogP contribution in [0.3, 0.4) is 0 Å². The van der Waals surface area contributed by atoms with E-state index < -0.39 is 0 Å². The van der Waals surface area contributed by atoms with Gasteiger partial charge in [0.2, 0.25) is 0 Å². The number of hydrogen-bond donors (Lipinski definition) is 2. The first-order chi connectivity index (χ1) is 9.36. The number of aromatic amines is 1. The van der Waals surface area contributed by atoms with Crippen LogP contribution in [0, 0.1) is 0 Å². The van der Waals surface area contributed by atoms with Crippen LogP contribution in [-0.2, 0) is 13.2 Å². The lowest BCUT2D eigenvalue weighted by atomic mass is 10.2. The lowest BCUT2D eigenvalue weighted by Crippen LogP contribution is -1.97. The number of benzene rings is 2. The fraction of sp³-hybridized carbons (Fsp3) is 0.133. The van der Waals surface area contributed by atoms with Crippen LogP contribution in [-0.4, -0.2) is 10.2 Å². The van der Waals surface area contributed by atoms with E-state index in [9.17, 15) is 0 Å². The van der Waals surface area contributed by atoms with Gasteiger partial charge in [-0.3, -0.25) is 5.10 Å².